The molecule has 7 nitrogen and oxygen atoms in total. The SMILES string of the molecule is Cc1ccc(C(C)(C)CNC(=O)N2CCOC(CN(C)CC(=O)O)C2)c(C)c1. The van der Waals surface area contributed by atoms with Crippen LogP contribution in [-0.2, 0) is 14.9 Å². The van der Waals surface area contributed by atoms with Crippen LogP contribution < -0.4 is 5.32 Å². The van der Waals surface area contributed by atoms with Crippen LogP contribution in [0.3, 0.4) is 0 Å². The van der Waals surface area contributed by atoms with Gasteiger partial charge in [0.05, 0.1) is 19.3 Å². The van der Waals surface area contributed by atoms with Crippen LogP contribution in [0.2, 0.25) is 0 Å². The van der Waals surface area contributed by atoms with Crippen molar-refractivity contribution in [2.24, 2.45) is 0 Å². The molecule has 1 aliphatic rings. The van der Waals surface area contributed by atoms with Crippen molar-refractivity contribution < 1.29 is 19.4 Å². The van der Waals surface area contributed by atoms with Crippen LogP contribution in [-0.4, -0.2) is 79.4 Å². The molecule has 0 bridgehead atoms. The first-order valence-corrected chi connectivity index (χ1v) is 9.71. The first-order chi connectivity index (χ1) is 13.1. The topological polar surface area (TPSA) is 82.1 Å². The van der Waals surface area contributed by atoms with Gasteiger partial charge in [-0.1, -0.05) is 37.6 Å². The number of hydrogen-bond donors (Lipinski definition) is 2. The number of rotatable bonds is 7. The molecule has 0 aliphatic carbocycles. The van der Waals surface area contributed by atoms with Crippen LogP contribution in [0.25, 0.3) is 0 Å². The minimum atomic E-state index is -0.874. The minimum absolute atomic E-state index is 0.0455. The Morgan fingerprint density at radius 3 is 2.71 bits per heavy atom. The van der Waals surface area contributed by atoms with E-state index in [9.17, 15) is 9.59 Å². The first-order valence-electron chi connectivity index (χ1n) is 9.71. The van der Waals surface area contributed by atoms with Crippen molar-refractivity contribution >= 4 is 12.0 Å². The Kier molecular flexibility index (Phi) is 7.43. The predicted molar refractivity (Wildman–Crippen MR) is 109 cm³/mol. The predicted octanol–water partition coefficient (Wildman–Crippen LogP) is 2.01. The number of benzene rings is 1. The van der Waals surface area contributed by atoms with Gasteiger partial charge in [0.2, 0.25) is 0 Å². The summed E-state index contributed by atoms with van der Waals surface area (Å²) in [6.07, 6.45) is -0.184. The molecule has 7 heteroatoms. The largest absolute Gasteiger partial charge is 0.480 e. The van der Waals surface area contributed by atoms with E-state index < -0.39 is 5.97 Å². The van der Waals surface area contributed by atoms with E-state index in [0.717, 1.165) is 0 Å². The number of morpholine rings is 1. The zero-order valence-corrected chi connectivity index (χ0v) is 17.6. The maximum atomic E-state index is 12.7. The molecule has 1 aromatic carbocycles. The summed E-state index contributed by atoms with van der Waals surface area (Å²) in [5.74, 6) is -0.874. The van der Waals surface area contributed by atoms with Gasteiger partial charge in [0.15, 0.2) is 0 Å². The van der Waals surface area contributed by atoms with Crippen LogP contribution in [0, 0.1) is 13.8 Å². The molecule has 1 aliphatic heterocycles. The van der Waals surface area contributed by atoms with Gasteiger partial charge in [0, 0.05) is 31.6 Å². The molecular weight excluding hydrogens is 358 g/mol. The third kappa shape index (κ3) is 6.21. The Hall–Kier alpha value is -2.12. The number of ether oxygens (including phenoxy) is 1. The number of carboxylic acid groups (broad SMARTS) is 1. The Morgan fingerprint density at radius 1 is 1.36 bits per heavy atom. The summed E-state index contributed by atoms with van der Waals surface area (Å²) in [4.78, 5) is 26.9. The lowest BCUT2D eigenvalue weighted by Crippen LogP contribution is -2.53. The average Bonchev–Trinajstić information content (AvgIpc) is 2.58. The van der Waals surface area contributed by atoms with E-state index in [2.05, 4.69) is 51.2 Å². The maximum absolute atomic E-state index is 12.7. The molecular formula is C21H33N3O4. The van der Waals surface area contributed by atoms with Crippen LogP contribution in [0.5, 0.6) is 0 Å². The Labute approximate surface area is 167 Å². The van der Waals surface area contributed by atoms with Crippen molar-refractivity contribution in [3.8, 4) is 0 Å². The molecule has 1 atom stereocenters. The zero-order valence-electron chi connectivity index (χ0n) is 17.6. The third-order valence-electron chi connectivity index (χ3n) is 5.14. The molecule has 1 fully saturated rings. The number of hydrogen-bond acceptors (Lipinski definition) is 4. The molecule has 1 heterocycles. The quantitative estimate of drug-likeness (QED) is 0.743. The van der Waals surface area contributed by atoms with Crippen LogP contribution in [0.1, 0.15) is 30.5 Å². The van der Waals surface area contributed by atoms with Gasteiger partial charge in [0.25, 0.3) is 0 Å². The van der Waals surface area contributed by atoms with Crippen molar-refractivity contribution in [1.29, 1.82) is 0 Å². The summed E-state index contributed by atoms with van der Waals surface area (Å²) in [5, 5.41) is 11.9. The van der Waals surface area contributed by atoms with E-state index in [0.29, 0.717) is 32.8 Å². The number of urea groups is 1. The van der Waals surface area contributed by atoms with Gasteiger partial charge in [-0.15, -0.1) is 0 Å². The maximum Gasteiger partial charge on any atom is 0.317 e. The second-order valence-electron chi connectivity index (χ2n) is 8.39. The van der Waals surface area contributed by atoms with E-state index in [1.54, 1.807) is 16.8 Å². The molecule has 0 saturated carbocycles. The molecule has 1 saturated heterocycles. The number of carbonyl (C=O) groups excluding carboxylic acids is 1. The summed E-state index contributed by atoms with van der Waals surface area (Å²) in [6, 6.07) is 6.30. The van der Waals surface area contributed by atoms with E-state index in [1.807, 2.05) is 0 Å². The van der Waals surface area contributed by atoms with E-state index in [-0.39, 0.29) is 24.1 Å². The van der Waals surface area contributed by atoms with Gasteiger partial charge < -0.3 is 20.1 Å². The number of carbonyl (C=O) groups is 2. The lowest BCUT2D eigenvalue weighted by atomic mass is 9.81. The zero-order chi connectivity index (χ0) is 20.9. The molecule has 156 valence electrons. The number of likely N-dealkylation sites (N-methyl/N-ethyl adjacent to an activating group) is 1. The molecule has 1 aromatic rings. The highest BCUT2D eigenvalue weighted by atomic mass is 16.5. The van der Waals surface area contributed by atoms with Gasteiger partial charge in [-0.3, -0.25) is 9.69 Å². The van der Waals surface area contributed by atoms with Gasteiger partial charge in [-0.05, 0) is 32.0 Å². The average molecular weight is 392 g/mol. The third-order valence-corrected chi connectivity index (χ3v) is 5.14. The smallest absolute Gasteiger partial charge is 0.317 e. The molecule has 0 aromatic heterocycles. The number of aliphatic carboxylic acids is 1. The second-order valence-corrected chi connectivity index (χ2v) is 8.39. The summed E-state index contributed by atoms with van der Waals surface area (Å²) in [5.41, 5.74) is 3.51. The van der Waals surface area contributed by atoms with E-state index >= 15 is 0 Å². The van der Waals surface area contributed by atoms with Gasteiger partial charge >= 0.3 is 12.0 Å². The highest BCUT2D eigenvalue weighted by Gasteiger charge is 2.28. The standard InChI is InChI=1S/C21H33N3O4/c1-15-6-7-18(16(2)10-15)21(3,4)14-22-20(27)24-8-9-28-17(12-24)11-23(5)13-19(25)26/h6-7,10,17H,8-9,11-14H2,1-5H3,(H,22,27)(H,25,26). The Morgan fingerprint density at radius 2 is 2.07 bits per heavy atom. The second kappa shape index (κ2) is 9.39. The number of amides is 2. The lowest BCUT2D eigenvalue weighted by Gasteiger charge is -2.35. The normalized spacial score (nSPS) is 17.6. The fourth-order valence-electron chi connectivity index (χ4n) is 3.73. The summed E-state index contributed by atoms with van der Waals surface area (Å²) < 4.78 is 5.70. The monoisotopic (exact) mass is 391 g/mol. The highest BCUT2D eigenvalue weighted by molar-refractivity contribution is 5.74. The van der Waals surface area contributed by atoms with Gasteiger partial charge in [-0.25, -0.2) is 4.79 Å². The molecule has 2 rings (SSSR count). The lowest BCUT2D eigenvalue weighted by molar-refractivity contribution is -0.138. The van der Waals surface area contributed by atoms with Crippen LogP contribution in [0.15, 0.2) is 18.2 Å². The van der Waals surface area contributed by atoms with Crippen molar-refractivity contribution in [1.82, 2.24) is 15.1 Å². The Balaban J connectivity index is 1.90. The van der Waals surface area contributed by atoms with Crippen LogP contribution >= 0.6 is 0 Å². The molecule has 1 unspecified atom stereocenters. The first kappa shape index (κ1) is 22.2. The number of aryl methyl sites for hydroxylation is 2. The van der Waals surface area contributed by atoms with Crippen molar-refractivity contribution in [2.45, 2.75) is 39.2 Å². The van der Waals surface area contributed by atoms with Gasteiger partial charge in [-0.2, -0.15) is 0 Å². The van der Waals surface area contributed by atoms with Crippen molar-refractivity contribution in [3.63, 3.8) is 0 Å². The molecule has 0 radical (unpaired) electrons. The summed E-state index contributed by atoms with van der Waals surface area (Å²) in [7, 11) is 1.74. The van der Waals surface area contributed by atoms with Crippen molar-refractivity contribution in [3.05, 3.63) is 34.9 Å². The molecule has 28 heavy (non-hydrogen) atoms. The number of carboxylic acids is 1. The number of nitrogens with zero attached hydrogens (tertiary/aromatic N) is 2. The summed E-state index contributed by atoms with van der Waals surface area (Å²) >= 11 is 0. The number of nitrogens with one attached hydrogen (secondary N) is 1. The van der Waals surface area contributed by atoms with Crippen LogP contribution in [0.4, 0.5) is 4.79 Å². The summed E-state index contributed by atoms with van der Waals surface area (Å²) in [6.45, 7) is 10.9. The van der Waals surface area contributed by atoms with E-state index in [4.69, 9.17) is 9.84 Å². The molecule has 0 spiro atoms. The van der Waals surface area contributed by atoms with Crippen molar-refractivity contribution in [2.75, 3.05) is 46.4 Å². The highest BCUT2D eigenvalue weighted by Crippen LogP contribution is 2.26. The molecule has 2 N–H and O–H groups in total. The Bertz CT molecular complexity index is 705. The van der Waals surface area contributed by atoms with Gasteiger partial charge in [0.1, 0.15) is 0 Å². The molecule has 2 amide bonds. The fourth-order valence-corrected chi connectivity index (χ4v) is 3.73. The fraction of sp³-hybridized carbons (Fsp3) is 0.619. The minimum Gasteiger partial charge on any atom is -0.480 e. The van der Waals surface area contributed by atoms with E-state index in [1.165, 1.54) is 16.7 Å².